The van der Waals surface area contributed by atoms with Crippen LogP contribution in [0.2, 0.25) is 0 Å². The normalized spacial score (nSPS) is 12.3. The predicted octanol–water partition coefficient (Wildman–Crippen LogP) is 4.20. The van der Waals surface area contributed by atoms with Crippen LogP contribution in [0.4, 0.5) is 0 Å². The smallest absolute Gasteiger partial charge is 0.119 e. The molecule has 0 saturated carbocycles. The summed E-state index contributed by atoms with van der Waals surface area (Å²) in [6.07, 6.45) is 2.27. The molecule has 0 aliphatic rings. The molecule has 1 aromatic heterocycles. The Balaban J connectivity index is 1.86. The Morgan fingerprint density at radius 2 is 2.00 bits per heavy atom. The number of aliphatic hydroxyl groups excluding tert-OH is 1. The average molecular weight is 276 g/mol. The Morgan fingerprint density at radius 1 is 1.21 bits per heavy atom. The highest BCUT2D eigenvalue weighted by Gasteiger charge is 2.08. The molecular formula is C16H20O2S. The lowest BCUT2D eigenvalue weighted by atomic mass is 10.0. The Morgan fingerprint density at radius 3 is 2.63 bits per heavy atom. The van der Waals surface area contributed by atoms with Crippen molar-refractivity contribution in [3.05, 3.63) is 52.2 Å². The molecule has 0 fully saturated rings. The number of benzene rings is 1. The van der Waals surface area contributed by atoms with Gasteiger partial charge in [0, 0.05) is 0 Å². The second-order valence-electron chi connectivity index (χ2n) is 4.60. The maximum Gasteiger partial charge on any atom is 0.119 e. The van der Waals surface area contributed by atoms with Gasteiger partial charge in [0.05, 0.1) is 12.7 Å². The summed E-state index contributed by atoms with van der Waals surface area (Å²) >= 11 is 1.70. The van der Waals surface area contributed by atoms with Gasteiger partial charge >= 0.3 is 0 Å². The summed E-state index contributed by atoms with van der Waals surface area (Å²) < 4.78 is 5.53. The molecule has 0 bridgehead atoms. The van der Waals surface area contributed by atoms with E-state index in [1.807, 2.05) is 24.3 Å². The summed E-state index contributed by atoms with van der Waals surface area (Å²) in [7, 11) is 0. The fourth-order valence-electron chi connectivity index (χ4n) is 1.91. The molecule has 2 nitrogen and oxygen atoms in total. The van der Waals surface area contributed by atoms with Crippen LogP contribution in [-0.2, 0) is 6.42 Å². The number of aryl methyl sites for hydroxylation is 1. The highest BCUT2D eigenvalue weighted by atomic mass is 32.1. The third-order valence-corrected chi connectivity index (χ3v) is 3.76. The van der Waals surface area contributed by atoms with Crippen LogP contribution in [0.25, 0.3) is 0 Å². The lowest BCUT2D eigenvalue weighted by Crippen LogP contribution is -2.00. The highest BCUT2D eigenvalue weighted by molar-refractivity contribution is 7.07. The van der Waals surface area contributed by atoms with Crippen molar-refractivity contribution in [3.63, 3.8) is 0 Å². The molecule has 1 atom stereocenters. The van der Waals surface area contributed by atoms with Crippen LogP contribution in [-0.4, -0.2) is 11.7 Å². The topological polar surface area (TPSA) is 29.5 Å². The standard InChI is InChI=1S/C16H20O2S/c1-2-10-18-15-6-4-14(5-7-15)16(17)8-3-13-9-11-19-12-13/h4-7,9,11-12,16-17H,2-3,8,10H2,1H3. The van der Waals surface area contributed by atoms with Gasteiger partial charge in [0.25, 0.3) is 0 Å². The van der Waals surface area contributed by atoms with Crippen LogP contribution in [0.5, 0.6) is 5.75 Å². The maximum atomic E-state index is 10.1. The van der Waals surface area contributed by atoms with Crippen LogP contribution >= 0.6 is 11.3 Å². The Hall–Kier alpha value is -1.32. The van der Waals surface area contributed by atoms with Gasteiger partial charge in [-0.1, -0.05) is 19.1 Å². The van der Waals surface area contributed by atoms with Crippen molar-refractivity contribution in [1.82, 2.24) is 0 Å². The maximum absolute atomic E-state index is 10.1. The number of hydrogen-bond acceptors (Lipinski definition) is 3. The molecule has 0 radical (unpaired) electrons. The average Bonchev–Trinajstić information content (AvgIpc) is 2.96. The van der Waals surface area contributed by atoms with Crippen molar-refractivity contribution in [2.45, 2.75) is 32.3 Å². The van der Waals surface area contributed by atoms with E-state index >= 15 is 0 Å². The van der Waals surface area contributed by atoms with Gasteiger partial charge in [-0.15, -0.1) is 0 Å². The third-order valence-electron chi connectivity index (χ3n) is 3.02. The minimum absolute atomic E-state index is 0.403. The van der Waals surface area contributed by atoms with E-state index in [1.54, 1.807) is 11.3 Å². The van der Waals surface area contributed by atoms with Crippen LogP contribution in [0.1, 0.15) is 37.0 Å². The van der Waals surface area contributed by atoms with Crippen molar-refractivity contribution in [2.24, 2.45) is 0 Å². The molecule has 0 saturated heterocycles. The minimum Gasteiger partial charge on any atom is -0.494 e. The second kappa shape index (κ2) is 7.31. The lowest BCUT2D eigenvalue weighted by Gasteiger charge is -2.11. The molecule has 19 heavy (non-hydrogen) atoms. The van der Waals surface area contributed by atoms with E-state index in [9.17, 15) is 5.11 Å². The Bertz CT molecular complexity index is 462. The SMILES string of the molecule is CCCOc1ccc(C(O)CCc2ccsc2)cc1. The monoisotopic (exact) mass is 276 g/mol. The Labute approximate surface area is 118 Å². The molecule has 3 heteroatoms. The molecule has 2 rings (SSSR count). The van der Waals surface area contributed by atoms with Crippen molar-refractivity contribution in [1.29, 1.82) is 0 Å². The summed E-state index contributed by atoms with van der Waals surface area (Å²) in [6.45, 7) is 2.82. The van der Waals surface area contributed by atoms with Crippen LogP contribution in [0.15, 0.2) is 41.1 Å². The van der Waals surface area contributed by atoms with Crippen molar-refractivity contribution in [3.8, 4) is 5.75 Å². The van der Waals surface area contributed by atoms with Crippen molar-refractivity contribution >= 4 is 11.3 Å². The summed E-state index contributed by atoms with van der Waals surface area (Å²) in [6, 6.07) is 9.86. The molecule has 1 heterocycles. The number of hydrogen-bond donors (Lipinski definition) is 1. The first-order valence-electron chi connectivity index (χ1n) is 6.71. The first kappa shape index (κ1) is 14.1. The molecule has 0 spiro atoms. The molecule has 1 N–H and O–H groups in total. The second-order valence-corrected chi connectivity index (χ2v) is 5.38. The molecule has 2 aromatic rings. The van der Waals surface area contributed by atoms with E-state index in [4.69, 9.17) is 4.74 Å². The molecule has 102 valence electrons. The molecule has 1 unspecified atom stereocenters. The summed E-state index contributed by atoms with van der Waals surface area (Å²) in [5.41, 5.74) is 2.26. The largest absolute Gasteiger partial charge is 0.494 e. The van der Waals surface area contributed by atoms with Gasteiger partial charge < -0.3 is 9.84 Å². The molecular weight excluding hydrogens is 256 g/mol. The van der Waals surface area contributed by atoms with Gasteiger partial charge in [-0.25, -0.2) is 0 Å². The third kappa shape index (κ3) is 4.37. The van der Waals surface area contributed by atoms with Gasteiger partial charge in [0.1, 0.15) is 5.75 Å². The van der Waals surface area contributed by atoms with E-state index in [0.717, 1.165) is 37.2 Å². The lowest BCUT2D eigenvalue weighted by molar-refractivity contribution is 0.168. The van der Waals surface area contributed by atoms with Gasteiger partial charge in [-0.2, -0.15) is 11.3 Å². The number of thiophene rings is 1. The predicted molar refractivity (Wildman–Crippen MR) is 79.8 cm³/mol. The fourth-order valence-corrected chi connectivity index (χ4v) is 2.61. The van der Waals surface area contributed by atoms with Crippen LogP contribution in [0.3, 0.4) is 0 Å². The Kier molecular flexibility index (Phi) is 5.43. The van der Waals surface area contributed by atoms with E-state index in [1.165, 1.54) is 5.56 Å². The highest BCUT2D eigenvalue weighted by Crippen LogP contribution is 2.22. The molecule has 1 aromatic carbocycles. The number of rotatable bonds is 7. The van der Waals surface area contributed by atoms with E-state index in [-0.39, 0.29) is 0 Å². The zero-order valence-corrected chi connectivity index (χ0v) is 12.0. The molecule has 0 aliphatic carbocycles. The van der Waals surface area contributed by atoms with E-state index in [0.29, 0.717) is 0 Å². The number of aliphatic hydroxyl groups is 1. The minimum atomic E-state index is -0.403. The van der Waals surface area contributed by atoms with E-state index in [2.05, 4.69) is 23.8 Å². The zero-order valence-electron chi connectivity index (χ0n) is 11.2. The first-order chi connectivity index (χ1) is 9.29. The molecule has 0 aliphatic heterocycles. The number of ether oxygens (including phenoxy) is 1. The quantitative estimate of drug-likeness (QED) is 0.821. The fraction of sp³-hybridized carbons (Fsp3) is 0.375. The summed E-state index contributed by atoms with van der Waals surface area (Å²) in [4.78, 5) is 0. The van der Waals surface area contributed by atoms with Crippen molar-refractivity contribution in [2.75, 3.05) is 6.61 Å². The summed E-state index contributed by atoms with van der Waals surface area (Å²) in [5, 5.41) is 14.4. The molecule has 0 amide bonds. The van der Waals surface area contributed by atoms with E-state index < -0.39 is 6.10 Å². The van der Waals surface area contributed by atoms with Crippen LogP contribution in [0, 0.1) is 0 Å². The van der Waals surface area contributed by atoms with Gasteiger partial charge in [-0.3, -0.25) is 0 Å². The van der Waals surface area contributed by atoms with Crippen LogP contribution < -0.4 is 4.74 Å². The first-order valence-corrected chi connectivity index (χ1v) is 7.65. The van der Waals surface area contributed by atoms with Gasteiger partial charge in [0.2, 0.25) is 0 Å². The van der Waals surface area contributed by atoms with Gasteiger partial charge in [0.15, 0.2) is 0 Å². The van der Waals surface area contributed by atoms with Crippen molar-refractivity contribution < 1.29 is 9.84 Å². The zero-order chi connectivity index (χ0) is 13.5. The van der Waals surface area contributed by atoms with Gasteiger partial charge in [-0.05, 0) is 59.3 Å². The summed E-state index contributed by atoms with van der Waals surface area (Å²) in [5.74, 6) is 0.871.